The van der Waals surface area contributed by atoms with E-state index in [1.165, 1.54) is 0 Å². The Bertz CT molecular complexity index is 529. The van der Waals surface area contributed by atoms with Gasteiger partial charge in [-0.3, -0.25) is 0 Å². The van der Waals surface area contributed by atoms with E-state index in [1.54, 1.807) is 0 Å². The maximum absolute atomic E-state index is 5.62. The smallest absolute Gasteiger partial charge is 0.152 e. The normalized spacial score (nSPS) is 15.9. The summed E-state index contributed by atoms with van der Waals surface area (Å²) < 4.78 is 5.62. The van der Waals surface area contributed by atoms with Gasteiger partial charge in [0.1, 0.15) is 17.3 Å². The third-order valence-electron chi connectivity index (χ3n) is 3.17. The molecular weight excluding hydrogens is 226 g/mol. The maximum atomic E-state index is 5.62. The lowest BCUT2D eigenvalue weighted by molar-refractivity contribution is 0.546. The van der Waals surface area contributed by atoms with Gasteiger partial charge in [-0.1, -0.05) is 6.07 Å². The zero-order valence-electron chi connectivity index (χ0n) is 10.5. The van der Waals surface area contributed by atoms with Crippen LogP contribution in [0.15, 0.2) is 34.7 Å². The van der Waals surface area contributed by atoms with Crippen molar-refractivity contribution in [1.82, 2.24) is 10.3 Å². The van der Waals surface area contributed by atoms with Crippen molar-refractivity contribution in [3.05, 3.63) is 36.1 Å². The molecule has 2 aromatic rings. The number of hydrogen-bond acceptors (Lipinski definition) is 4. The van der Waals surface area contributed by atoms with Crippen LogP contribution in [-0.2, 0) is 0 Å². The Morgan fingerprint density at radius 1 is 1.17 bits per heavy atom. The predicted octanol–water partition coefficient (Wildman–Crippen LogP) is 2.06. The van der Waals surface area contributed by atoms with Gasteiger partial charge in [-0.2, -0.15) is 0 Å². The third kappa shape index (κ3) is 2.24. The van der Waals surface area contributed by atoms with Crippen LogP contribution >= 0.6 is 0 Å². The average Bonchev–Trinajstić information content (AvgIpc) is 2.87. The van der Waals surface area contributed by atoms with Gasteiger partial charge in [0, 0.05) is 26.2 Å². The molecule has 94 valence electrons. The minimum atomic E-state index is 0.837. The Kier molecular flexibility index (Phi) is 3.02. The highest BCUT2D eigenvalue weighted by atomic mass is 16.3. The maximum Gasteiger partial charge on any atom is 0.152 e. The average molecular weight is 243 g/mol. The largest absolute Gasteiger partial charge is 0.460 e. The first-order valence-electron chi connectivity index (χ1n) is 6.32. The molecule has 0 unspecified atom stereocenters. The Morgan fingerprint density at radius 2 is 2.00 bits per heavy atom. The Hall–Kier alpha value is -1.81. The molecule has 2 aromatic heterocycles. The molecule has 1 N–H and O–H groups in total. The molecule has 0 bridgehead atoms. The van der Waals surface area contributed by atoms with Crippen LogP contribution in [0.2, 0.25) is 0 Å². The van der Waals surface area contributed by atoms with Gasteiger partial charge in [-0.05, 0) is 31.2 Å². The molecule has 1 aliphatic heterocycles. The summed E-state index contributed by atoms with van der Waals surface area (Å²) in [7, 11) is 0. The van der Waals surface area contributed by atoms with Gasteiger partial charge in [0.05, 0.1) is 0 Å². The highest BCUT2D eigenvalue weighted by molar-refractivity contribution is 5.56. The highest BCUT2D eigenvalue weighted by Gasteiger charge is 2.13. The van der Waals surface area contributed by atoms with E-state index < -0.39 is 0 Å². The van der Waals surface area contributed by atoms with Crippen LogP contribution in [0.3, 0.4) is 0 Å². The van der Waals surface area contributed by atoms with Crippen LogP contribution < -0.4 is 10.2 Å². The quantitative estimate of drug-likeness (QED) is 0.876. The number of anilines is 1. The number of nitrogens with zero attached hydrogens (tertiary/aromatic N) is 2. The van der Waals surface area contributed by atoms with E-state index in [4.69, 9.17) is 4.42 Å². The van der Waals surface area contributed by atoms with E-state index in [0.29, 0.717) is 0 Å². The molecule has 3 rings (SSSR count). The molecule has 0 atom stereocenters. The monoisotopic (exact) mass is 243 g/mol. The van der Waals surface area contributed by atoms with Crippen LogP contribution in [0.4, 0.5) is 5.82 Å². The minimum Gasteiger partial charge on any atom is -0.460 e. The first-order valence-corrected chi connectivity index (χ1v) is 6.32. The number of aryl methyl sites for hydroxylation is 1. The van der Waals surface area contributed by atoms with E-state index in [2.05, 4.69) is 21.3 Å². The first-order chi connectivity index (χ1) is 8.83. The summed E-state index contributed by atoms with van der Waals surface area (Å²) in [6, 6.07) is 10.0. The van der Waals surface area contributed by atoms with Crippen molar-refractivity contribution in [3.63, 3.8) is 0 Å². The Labute approximate surface area is 107 Å². The topological polar surface area (TPSA) is 41.3 Å². The highest BCUT2D eigenvalue weighted by Crippen LogP contribution is 2.22. The standard InChI is InChI=1S/C14H17N3O/c1-11-5-6-13(18-11)12-3-2-4-14(16-12)17-9-7-15-8-10-17/h2-6,15H,7-10H2,1H3. The van der Waals surface area contributed by atoms with Gasteiger partial charge in [-0.15, -0.1) is 0 Å². The van der Waals surface area contributed by atoms with Crippen molar-refractivity contribution in [2.45, 2.75) is 6.92 Å². The number of furan rings is 1. The van der Waals surface area contributed by atoms with Crippen molar-refractivity contribution in [2.24, 2.45) is 0 Å². The SMILES string of the molecule is Cc1ccc(-c2cccc(N3CCNCC3)n2)o1. The summed E-state index contributed by atoms with van der Waals surface area (Å²) >= 11 is 0. The van der Waals surface area contributed by atoms with E-state index >= 15 is 0 Å². The molecule has 1 aliphatic rings. The number of pyridine rings is 1. The van der Waals surface area contributed by atoms with Gasteiger partial charge >= 0.3 is 0 Å². The molecular formula is C14H17N3O. The number of piperazine rings is 1. The number of nitrogens with one attached hydrogen (secondary N) is 1. The Morgan fingerprint density at radius 3 is 2.72 bits per heavy atom. The lowest BCUT2D eigenvalue weighted by Gasteiger charge is -2.28. The van der Waals surface area contributed by atoms with Crippen molar-refractivity contribution in [2.75, 3.05) is 31.1 Å². The fourth-order valence-corrected chi connectivity index (χ4v) is 2.20. The van der Waals surface area contributed by atoms with Crippen molar-refractivity contribution in [3.8, 4) is 11.5 Å². The second-order valence-electron chi connectivity index (χ2n) is 4.53. The molecule has 0 radical (unpaired) electrons. The van der Waals surface area contributed by atoms with Crippen molar-refractivity contribution in [1.29, 1.82) is 0 Å². The van der Waals surface area contributed by atoms with Crippen LogP contribution in [0.5, 0.6) is 0 Å². The summed E-state index contributed by atoms with van der Waals surface area (Å²) in [5, 5.41) is 3.35. The molecule has 0 saturated carbocycles. The predicted molar refractivity (Wildman–Crippen MR) is 71.8 cm³/mol. The van der Waals surface area contributed by atoms with E-state index in [0.717, 1.165) is 49.2 Å². The summed E-state index contributed by atoms with van der Waals surface area (Å²) in [6.07, 6.45) is 0. The van der Waals surface area contributed by atoms with E-state index in [-0.39, 0.29) is 0 Å². The van der Waals surface area contributed by atoms with Gasteiger partial charge < -0.3 is 14.6 Å². The number of aromatic nitrogens is 1. The lowest BCUT2D eigenvalue weighted by atomic mass is 10.2. The molecule has 18 heavy (non-hydrogen) atoms. The molecule has 0 amide bonds. The second-order valence-corrected chi connectivity index (χ2v) is 4.53. The molecule has 3 heterocycles. The van der Waals surface area contributed by atoms with Gasteiger partial charge in [0.2, 0.25) is 0 Å². The zero-order chi connectivity index (χ0) is 12.4. The van der Waals surface area contributed by atoms with Crippen molar-refractivity contribution < 1.29 is 4.42 Å². The summed E-state index contributed by atoms with van der Waals surface area (Å²) in [5.41, 5.74) is 0.902. The van der Waals surface area contributed by atoms with Gasteiger partial charge in [-0.25, -0.2) is 4.98 Å². The molecule has 0 aromatic carbocycles. The molecule has 4 nitrogen and oxygen atoms in total. The van der Waals surface area contributed by atoms with Crippen LogP contribution in [0.25, 0.3) is 11.5 Å². The summed E-state index contributed by atoms with van der Waals surface area (Å²) in [4.78, 5) is 6.99. The molecule has 0 aliphatic carbocycles. The molecule has 0 spiro atoms. The van der Waals surface area contributed by atoms with Crippen molar-refractivity contribution >= 4 is 5.82 Å². The van der Waals surface area contributed by atoms with Gasteiger partial charge in [0.25, 0.3) is 0 Å². The fourth-order valence-electron chi connectivity index (χ4n) is 2.20. The molecule has 1 fully saturated rings. The first kappa shape index (κ1) is 11.3. The fraction of sp³-hybridized carbons (Fsp3) is 0.357. The lowest BCUT2D eigenvalue weighted by Crippen LogP contribution is -2.43. The second kappa shape index (κ2) is 4.82. The minimum absolute atomic E-state index is 0.837. The Balaban J connectivity index is 1.88. The third-order valence-corrected chi connectivity index (χ3v) is 3.17. The van der Waals surface area contributed by atoms with E-state index in [9.17, 15) is 0 Å². The molecule has 1 saturated heterocycles. The van der Waals surface area contributed by atoms with E-state index in [1.807, 2.05) is 31.2 Å². The summed E-state index contributed by atoms with van der Waals surface area (Å²) in [5.74, 6) is 2.78. The number of rotatable bonds is 2. The summed E-state index contributed by atoms with van der Waals surface area (Å²) in [6.45, 7) is 6.00. The van der Waals surface area contributed by atoms with Crippen LogP contribution in [0.1, 0.15) is 5.76 Å². The number of hydrogen-bond donors (Lipinski definition) is 1. The van der Waals surface area contributed by atoms with Gasteiger partial charge in [0.15, 0.2) is 5.76 Å². The zero-order valence-corrected chi connectivity index (χ0v) is 10.5. The molecule has 4 heteroatoms. The van der Waals surface area contributed by atoms with Crippen LogP contribution in [-0.4, -0.2) is 31.2 Å². The van der Waals surface area contributed by atoms with Crippen LogP contribution in [0, 0.1) is 6.92 Å².